The molecular weight excluding hydrogens is 346 g/mol. The van der Waals surface area contributed by atoms with E-state index in [0.717, 1.165) is 12.8 Å². The third kappa shape index (κ3) is 8.22. The summed E-state index contributed by atoms with van der Waals surface area (Å²) in [5.74, 6) is 0.269. The van der Waals surface area contributed by atoms with Gasteiger partial charge in [-0.15, -0.1) is 7.77 Å². The fourth-order valence-electron chi connectivity index (χ4n) is 2.45. The quantitative estimate of drug-likeness (QED) is 0.549. The Morgan fingerprint density at radius 3 is 1.70 bits per heavy atom. The fraction of sp³-hybridized carbons (Fsp3) is 0.467. The first-order valence-electron chi connectivity index (χ1n) is 6.64. The Bertz CT molecular complexity index is 655. The summed E-state index contributed by atoms with van der Waals surface area (Å²) in [7, 11) is -8.68. The third-order valence-corrected chi connectivity index (χ3v) is 5.10. The van der Waals surface area contributed by atoms with Crippen LogP contribution in [0.15, 0.2) is 48.4 Å². The highest BCUT2D eigenvalue weighted by molar-refractivity contribution is 7.89. The molecule has 0 N–H and O–H groups in total. The van der Waals surface area contributed by atoms with Crippen molar-refractivity contribution in [1.82, 2.24) is 0 Å². The van der Waals surface area contributed by atoms with Gasteiger partial charge >= 0.3 is 20.4 Å². The molecule has 0 aliphatic heterocycles. The van der Waals surface area contributed by atoms with Crippen molar-refractivity contribution in [2.24, 2.45) is 11.8 Å². The van der Waals surface area contributed by atoms with Crippen LogP contribution in [0.25, 0.3) is 0 Å². The van der Waals surface area contributed by atoms with Crippen LogP contribution in [0.4, 0.5) is 7.77 Å². The molecule has 0 radical (unpaired) electrons. The zero-order chi connectivity index (χ0) is 16.8. The molecule has 1 fully saturated rings. The van der Waals surface area contributed by atoms with Gasteiger partial charge in [-0.05, 0) is 31.1 Å². The van der Waals surface area contributed by atoms with E-state index in [4.69, 9.17) is 0 Å². The van der Waals surface area contributed by atoms with Gasteiger partial charge in [-0.2, -0.15) is 16.8 Å². The molecule has 2 bridgehead atoms. The first kappa shape index (κ1) is 21.7. The molecule has 0 amide bonds. The summed E-state index contributed by atoms with van der Waals surface area (Å²) in [6.45, 7) is 2.67. The Balaban J connectivity index is 0.000000346. The van der Waals surface area contributed by atoms with E-state index < -0.39 is 25.7 Å². The first-order chi connectivity index (χ1) is 10.1. The van der Waals surface area contributed by atoms with Crippen LogP contribution in [0.2, 0.25) is 0 Å². The maximum absolute atomic E-state index is 12.5. The molecule has 3 unspecified atom stereocenters. The Morgan fingerprint density at radius 1 is 1.00 bits per heavy atom. The van der Waals surface area contributed by atoms with Crippen molar-refractivity contribution >= 4 is 20.4 Å². The van der Waals surface area contributed by atoms with Crippen molar-refractivity contribution in [3.8, 4) is 0 Å². The van der Waals surface area contributed by atoms with Crippen molar-refractivity contribution in [1.29, 1.82) is 0 Å². The van der Waals surface area contributed by atoms with E-state index >= 15 is 0 Å². The molecule has 3 aliphatic carbocycles. The van der Waals surface area contributed by atoms with E-state index in [1.165, 1.54) is 0 Å². The zero-order valence-electron chi connectivity index (χ0n) is 11.8. The molecule has 8 heteroatoms. The topological polar surface area (TPSA) is 68.3 Å². The standard InChI is InChI=1S/C7H9FO2S.C5H6.C2H3FO2S.CH4/c8-11(9,10)7-4-5-1-2-6(7)3-5;1-2-4-5-3-1;1-2-6(3,4)5;/h1-2,5-7H,3-4H2;1-4H,5H2;2H,1H2;1H4. The predicted octanol–water partition coefficient (Wildman–Crippen LogP) is 3.82. The molecule has 3 atom stereocenters. The predicted molar refractivity (Wildman–Crippen MR) is 89.0 cm³/mol. The second kappa shape index (κ2) is 9.12. The first-order valence-corrected chi connectivity index (χ1v) is 9.53. The molecule has 0 saturated heterocycles. The van der Waals surface area contributed by atoms with Crippen molar-refractivity contribution in [3.05, 3.63) is 48.4 Å². The summed E-state index contributed by atoms with van der Waals surface area (Å²) in [6.07, 6.45) is 14.6. The van der Waals surface area contributed by atoms with Crippen molar-refractivity contribution in [3.63, 3.8) is 0 Å². The molecule has 3 rings (SSSR count). The summed E-state index contributed by atoms with van der Waals surface area (Å²) in [5, 5.41) is -0.495. The third-order valence-electron chi connectivity index (χ3n) is 3.43. The van der Waals surface area contributed by atoms with Gasteiger partial charge in [-0.1, -0.05) is 50.5 Å². The SMILES string of the molecule is C.C1=CCC=C1.C=CS(=O)(=O)F.O=S(=O)(F)C1CC2C=CC1C2. The van der Waals surface area contributed by atoms with E-state index in [-0.39, 0.29) is 18.8 Å². The molecule has 132 valence electrons. The van der Waals surface area contributed by atoms with Gasteiger partial charge in [0.2, 0.25) is 0 Å². The van der Waals surface area contributed by atoms with Gasteiger partial charge in [0.05, 0.1) is 10.7 Å². The van der Waals surface area contributed by atoms with E-state index in [2.05, 4.69) is 30.9 Å². The highest BCUT2D eigenvalue weighted by Crippen LogP contribution is 2.42. The number of hydrogen-bond acceptors (Lipinski definition) is 4. The highest BCUT2D eigenvalue weighted by Gasteiger charge is 2.43. The van der Waals surface area contributed by atoms with Crippen LogP contribution in [-0.2, 0) is 20.4 Å². The molecule has 0 aromatic carbocycles. The van der Waals surface area contributed by atoms with Crippen LogP contribution >= 0.6 is 0 Å². The van der Waals surface area contributed by atoms with Gasteiger partial charge in [0, 0.05) is 0 Å². The van der Waals surface area contributed by atoms with Crippen molar-refractivity contribution in [2.45, 2.75) is 31.9 Å². The van der Waals surface area contributed by atoms with E-state index in [9.17, 15) is 24.6 Å². The van der Waals surface area contributed by atoms with Crippen LogP contribution < -0.4 is 0 Å². The minimum Gasteiger partial charge on any atom is -0.195 e. The lowest BCUT2D eigenvalue weighted by atomic mass is 10.1. The number of halogens is 2. The van der Waals surface area contributed by atoms with Crippen molar-refractivity contribution < 1.29 is 24.6 Å². The summed E-state index contributed by atoms with van der Waals surface area (Å²) in [4.78, 5) is 0. The van der Waals surface area contributed by atoms with Gasteiger partial charge in [-0.25, -0.2) is 0 Å². The molecule has 0 aromatic rings. The summed E-state index contributed by atoms with van der Waals surface area (Å²) >= 11 is 0. The maximum Gasteiger partial charge on any atom is 0.324 e. The van der Waals surface area contributed by atoms with E-state index in [0.29, 0.717) is 12.3 Å². The lowest BCUT2D eigenvalue weighted by molar-refractivity contribution is 0.517. The minimum absolute atomic E-state index is 0. The van der Waals surface area contributed by atoms with Crippen LogP contribution in [-0.4, -0.2) is 22.1 Å². The molecule has 0 spiro atoms. The summed E-state index contributed by atoms with van der Waals surface area (Å²) in [6, 6.07) is 0. The summed E-state index contributed by atoms with van der Waals surface area (Å²) in [5.41, 5.74) is 0. The number of hydrogen-bond donors (Lipinski definition) is 0. The lowest BCUT2D eigenvalue weighted by Crippen LogP contribution is -2.21. The smallest absolute Gasteiger partial charge is 0.195 e. The average Bonchev–Trinajstić information content (AvgIpc) is 3.16. The van der Waals surface area contributed by atoms with Gasteiger partial charge in [0.15, 0.2) is 0 Å². The van der Waals surface area contributed by atoms with Crippen LogP contribution in [0.1, 0.15) is 26.7 Å². The second-order valence-electron chi connectivity index (χ2n) is 5.03. The monoisotopic (exact) mass is 368 g/mol. The highest BCUT2D eigenvalue weighted by atomic mass is 32.3. The Hall–Kier alpha value is -1.28. The largest absolute Gasteiger partial charge is 0.324 e. The van der Waals surface area contributed by atoms with Crippen LogP contribution in [0.3, 0.4) is 0 Å². The van der Waals surface area contributed by atoms with E-state index in [1.54, 1.807) is 0 Å². The Labute approximate surface area is 137 Å². The molecular formula is C15H22F2O4S2. The average molecular weight is 368 g/mol. The number of allylic oxidation sites excluding steroid dienone is 6. The van der Waals surface area contributed by atoms with E-state index in [1.807, 2.05) is 12.2 Å². The van der Waals surface area contributed by atoms with Crippen LogP contribution in [0, 0.1) is 11.8 Å². The number of rotatable bonds is 2. The van der Waals surface area contributed by atoms with Crippen LogP contribution in [0.5, 0.6) is 0 Å². The van der Waals surface area contributed by atoms with Crippen molar-refractivity contribution in [2.75, 3.05) is 0 Å². The molecule has 0 heterocycles. The molecule has 23 heavy (non-hydrogen) atoms. The zero-order valence-corrected chi connectivity index (χ0v) is 13.4. The maximum atomic E-state index is 12.5. The van der Waals surface area contributed by atoms with Gasteiger partial charge in [0.1, 0.15) is 0 Å². The molecule has 0 aromatic heterocycles. The van der Waals surface area contributed by atoms with Gasteiger partial charge < -0.3 is 0 Å². The normalized spacial score (nSPS) is 26.6. The Kier molecular flexibility index (Phi) is 8.61. The lowest BCUT2D eigenvalue weighted by Gasteiger charge is -2.11. The Morgan fingerprint density at radius 2 is 1.52 bits per heavy atom. The second-order valence-corrected chi connectivity index (χ2v) is 7.87. The molecule has 4 nitrogen and oxygen atoms in total. The molecule has 1 saturated carbocycles. The fourth-order valence-corrected chi connectivity index (χ4v) is 3.54. The number of fused-ring (bicyclic) bond motifs is 2. The molecule has 3 aliphatic rings. The van der Waals surface area contributed by atoms with Gasteiger partial charge in [0.25, 0.3) is 0 Å². The van der Waals surface area contributed by atoms with Gasteiger partial charge in [-0.3, -0.25) is 0 Å². The minimum atomic E-state index is -4.40. The summed E-state index contributed by atoms with van der Waals surface area (Å²) < 4.78 is 62.9.